The van der Waals surface area contributed by atoms with Crippen LogP contribution >= 0.6 is 0 Å². The summed E-state index contributed by atoms with van der Waals surface area (Å²) in [6, 6.07) is 10.4. The summed E-state index contributed by atoms with van der Waals surface area (Å²) in [6.45, 7) is 3.65. The number of likely N-dealkylation sites (N-methyl/N-ethyl adjacent to an activating group) is 1. The highest BCUT2D eigenvalue weighted by molar-refractivity contribution is 5.84. The van der Waals surface area contributed by atoms with Gasteiger partial charge in [-0.05, 0) is 24.4 Å². The lowest BCUT2D eigenvalue weighted by Crippen LogP contribution is -2.39. The Labute approximate surface area is 137 Å². The molecule has 0 fully saturated rings. The van der Waals surface area contributed by atoms with E-state index in [4.69, 9.17) is 0 Å². The molecule has 2 rings (SSSR count). The number of amides is 1. The van der Waals surface area contributed by atoms with E-state index in [1.54, 1.807) is 14.1 Å². The summed E-state index contributed by atoms with van der Waals surface area (Å²) in [7, 11) is 3.46. The fraction of sp³-hybridized carbons (Fsp3) is 0.412. The van der Waals surface area contributed by atoms with Crippen molar-refractivity contribution >= 4 is 22.8 Å². The Bertz CT molecular complexity index is 641. The molecule has 124 valence electrons. The quantitative estimate of drug-likeness (QED) is 0.556. The third-order valence-corrected chi connectivity index (χ3v) is 3.49. The van der Waals surface area contributed by atoms with Gasteiger partial charge in [0.15, 0.2) is 5.96 Å². The van der Waals surface area contributed by atoms with Gasteiger partial charge in [-0.15, -0.1) is 0 Å². The predicted molar refractivity (Wildman–Crippen MR) is 94.7 cm³/mol. The number of carbonyl (C=O) groups excluding carboxylic acids is 1. The SMILES string of the molecule is CCNC(=NCC(=O)N(C)C)NCCc1cc2ccccc2[nH]1. The lowest BCUT2D eigenvalue weighted by molar-refractivity contribution is -0.127. The Morgan fingerprint density at radius 3 is 2.74 bits per heavy atom. The number of benzene rings is 1. The molecule has 0 bridgehead atoms. The van der Waals surface area contributed by atoms with Crippen molar-refractivity contribution in [3.63, 3.8) is 0 Å². The number of hydrogen-bond acceptors (Lipinski definition) is 2. The summed E-state index contributed by atoms with van der Waals surface area (Å²) in [4.78, 5) is 20.9. The molecular formula is C17H25N5O. The van der Waals surface area contributed by atoms with Crippen LogP contribution < -0.4 is 10.6 Å². The first kappa shape index (κ1) is 16.9. The van der Waals surface area contributed by atoms with E-state index in [-0.39, 0.29) is 12.5 Å². The highest BCUT2D eigenvalue weighted by Gasteiger charge is 2.04. The lowest BCUT2D eigenvalue weighted by Gasteiger charge is -2.12. The molecule has 6 heteroatoms. The van der Waals surface area contributed by atoms with Crippen LogP contribution in [0.15, 0.2) is 35.3 Å². The molecule has 0 saturated carbocycles. The molecule has 6 nitrogen and oxygen atoms in total. The number of hydrogen-bond donors (Lipinski definition) is 3. The van der Waals surface area contributed by atoms with Gasteiger partial charge in [0.05, 0.1) is 0 Å². The normalized spacial score (nSPS) is 11.5. The Morgan fingerprint density at radius 2 is 2.04 bits per heavy atom. The molecule has 1 amide bonds. The molecule has 0 atom stereocenters. The third-order valence-electron chi connectivity index (χ3n) is 3.49. The van der Waals surface area contributed by atoms with Crippen LogP contribution in [0.2, 0.25) is 0 Å². The van der Waals surface area contributed by atoms with E-state index in [0.29, 0.717) is 5.96 Å². The zero-order valence-corrected chi connectivity index (χ0v) is 14.0. The zero-order chi connectivity index (χ0) is 16.7. The number of aliphatic imine (C=N–C) groups is 1. The summed E-state index contributed by atoms with van der Waals surface area (Å²) in [5.74, 6) is 0.650. The first-order valence-corrected chi connectivity index (χ1v) is 7.89. The molecular weight excluding hydrogens is 290 g/mol. The molecule has 0 unspecified atom stereocenters. The van der Waals surface area contributed by atoms with Crippen LogP contribution in [0.4, 0.5) is 0 Å². The monoisotopic (exact) mass is 315 g/mol. The second-order valence-electron chi connectivity index (χ2n) is 5.54. The van der Waals surface area contributed by atoms with E-state index in [9.17, 15) is 4.79 Å². The van der Waals surface area contributed by atoms with E-state index in [1.807, 2.05) is 19.1 Å². The van der Waals surface area contributed by atoms with Crippen LogP contribution in [0.1, 0.15) is 12.6 Å². The first-order valence-electron chi connectivity index (χ1n) is 7.89. The van der Waals surface area contributed by atoms with Gasteiger partial charge >= 0.3 is 0 Å². The summed E-state index contributed by atoms with van der Waals surface area (Å²) in [5, 5.41) is 7.63. The number of aromatic amines is 1. The second-order valence-corrected chi connectivity index (χ2v) is 5.54. The van der Waals surface area contributed by atoms with Gasteiger partial charge < -0.3 is 20.5 Å². The molecule has 0 aliphatic rings. The summed E-state index contributed by atoms with van der Waals surface area (Å²) < 4.78 is 0. The number of fused-ring (bicyclic) bond motifs is 1. The number of aromatic nitrogens is 1. The van der Waals surface area contributed by atoms with Crippen molar-refractivity contribution < 1.29 is 4.79 Å². The average Bonchev–Trinajstić information content (AvgIpc) is 2.94. The fourth-order valence-corrected chi connectivity index (χ4v) is 2.21. The lowest BCUT2D eigenvalue weighted by atomic mass is 10.2. The topological polar surface area (TPSA) is 72.5 Å². The average molecular weight is 315 g/mol. The highest BCUT2D eigenvalue weighted by atomic mass is 16.2. The molecule has 1 aromatic heterocycles. The van der Waals surface area contributed by atoms with Gasteiger partial charge in [-0.1, -0.05) is 18.2 Å². The van der Waals surface area contributed by atoms with Crippen LogP contribution in [0.5, 0.6) is 0 Å². The maximum atomic E-state index is 11.6. The number of carbonyl (C=O) groups is 1. The molecule has 0 saturated heterocycles. The highest BCUT2D eigenvalue weighted by Crippen LogP contribution is 2.14. The van der Waals surface area contributed by atoms with E-state index in [0.717, 1.165) is 25.0 Å². The maximum absolute atomic E-state index is 11.6. The summed E-state index contributed by atoms with van der Waals surface area (Å²) in [5.41, 5.74) is 2.33. The van der Waals surface area contributed by atoms with Gasteiger partial charge in [0.1, 0.15) is 6.54 Å². The Morgan fingerprint density at radius 1 is 1.26 bits per heavy atom. The van der Waals surface area contributed by atoms with Gasteiger partial charge in [0, 0.05) is 44.8 Å². The maximum Gasteiger partial charge on any atom is 0.243 e. The largest absolute Gasteiger partial charge is 0.358 e. The Kier molecular flexibility index (Phi) is 6.02. The van der Waals surface area contributed by atoms with Gasteiger partial charge in [-0.3, -0.25) is 4.79 Å². The molecule has 0 aliphatic heterocycles. The number of guanidine groups is 1. The van der Waals surface area contributed by atoms with Gasteiger partial charge in [0.2, 0.25) is 5.91 Å². The van der Waals surface area contributed by atoms with Gasteiger partial charge in [0.25, 0.3) is 0 Å². The minimum absolute atomic E-state index is 0.0159. The van der Waals surface area contributed by atoms with Crippen molar-refractivity contribution in [2.24, 2.45) is 4.99 Å². The van der Waals surface area contributed by atoms with Crippen LogP contribution in [0.3, 0.4) is 0 Å². The minimum Gasteiger partial charge on any atom is -0.358 e. The van der Waals surface area contributed by atoms with Crippen molar-refractivity contribution in [3.05, 3.63) is 36.0 Å². The van der Waals surface area contributed by atoms with Crippen molar-refractivity contribution in [1.82, 2.24) is 20.5 Å². The molecule has 3 N–H and O–H groups in total. The number of H-pyrrole nitrogens is 1. The van der Waals surface area contributed by atoms with Crippen molar-refractivity contribution in [1.29, 1.82) is 0 Å². The van der Waals surface area contributed by atoms with Crippen LogP contribution in [-0.2, 0) is 11.2 Å². The van der Waals surface area contributed by atoms with Crippen LogP contribution in [-0.4, -0.2) is 55.5 Å². The molecule has 23 heavy (non-hydrogen) atoms. The summed E-state index contributed by atoms with van der Waals surface area (Å²) in [6.07, 6.45) is 0.862. The van der Waals surface area contributed by atoms with E-state index >= 15 is 0 Å². The number of nitrogens with one attached hydrogen (secondary N) is 3. The Hall–Kier alpha value is -2.50. The smallest absolute Gasteiger partial charge is 0.243 e. The second kappa shape index (κ2) is 8.22. The molecule has 0 spiro atoms. The van der Waals surface area contributed by atoms with Crippen molar-refractivity contribution in [3.8, 4) is 0 Å². The standard InChI is InChI=1S/C17H25N5O/c1-4-18-17(20-12-16(23)22(2)3)19-10-9-14-11-13-7-5-6-8-15(13)21-14/h5-8,11,21H,4,9-10,12H2,1-3H3,(H2,18,19,20). The number of para-hydroxylation sites is 1. The predicted octanol–water partition coefficient (Wildman–Crippen LogP) is 1.35. The molecule has 1 aromatic carbocycles. The van der Waals surface area contributed by atoms with Crippen molar-refractivity contribution in [2.45, 2.75) is 13.3 Å². The molecule has 2 aromatic rings. The van der Waals surface area contributed by atoms with E-state index in [2.05, 4.69) is 38.8 Å². The van der Waals surface area contributed by atoms with Crippen molar-refractivity contribution in [2.75, 3.05) is 33.7 Å². The first-order chi connectivity index (χ1) is 11.1. The molecule has 1 heterocycles. The third kappa shape index (κ3) is 5.02. The fourth-order valence-electron chi connectivity index (χ4n) is 2.21. The molecule has 0 aliphatic carbocycles. The minimum atomic E-state index is -0.0159. The van der Waals surface area contributed by atoms with Crippen LogP contribution in [0.25, 0.3) is 10.9 Å². The summed E-state index contributed by atoms with van der Waals surface area (Å²) >= 11 is 0. The Balaban J connectivity index is 1.88. The van der Waals surface area contributed by atoms with Crippen LogP contribution in [0, 0.1) is 0 Å². The molecule has 0 radical (unpaired) electrons. The van der Waals surface area contributed by atoms with Gasteiger partial charge in [-0.25, -0.2) is 4.99 Å². The number of rotatable bonds is 6. The zero-order valence-electron chi connectivity index (χ0n) is 14.0. The number of nitrogens with zero attached hydrogens (tertiary/aromatic N) is 2. The van der Waals surface area contributed by atoms with E-state index in [1.165, 1.54) is 16.0 Å². The van der Waals surface area contributed by atoms with E-state index < -0.39 is 0 Å². The van der Waals surface area contributed by atoms with Gasteiger partial charge in [-0.2, -0.15) is 0 Å².